The van der Waals surface area contributed by atoms with E-state index in [4.69, 9.17) is 4.74 Å². The average Bonchev–Trinajstić information content (AvgIpc) is 3.22. The summed E-state index contributed by atoms with van der Waals surface area (Å²) in [5, 5.41) is 10.4. The zero-order valence-corrected chi connectivity index (χ0v) is 16.6. The van der Waals surface area contributed by atoms with Crippen LogP contribution in [-0.4, -0.2) is 58.1 Å². The van der Waals surface area contributed by atoms with Crippen LogP contribution >= 0.6 is 11.8 Å². The first-order valence-electron chi connectivity index (χ1n) is 8.96. The molecule has 2 aliphatic rings. The van der Waals surface area contributed by atoms with E-state index in [0.717, 1.165) is 9.91 Å². The third-order valence-electron chi connectivity index (χ3n) is 4.78. The number of nitrogens with zero attached hydrogens (tertiary/aromatic N) is 2. The first kappa shape index (κ1) is 19.8. The summed E-state index contributed by atoms with van der Waals surface area (Å²) in [5.74, 6) is -1.76. The van der Waals surface area contributed by atoms with Gasteiger partial charge in [0.15, 0.2) is 11.5 Å². The van der Waals surface area contributed by atoms with Gasteiger partial charge in [0.2, 0.25) is 0 Å². The van der Waals surface area contributed by atoms with Crippen LogP contribution in [0.4, 0.5) is 0 Å². The highest BCUT2D eigenvalue weighted by molar-refractivity contribution is 8.00. The Bertz CT molecular complexity index is 1040. The predicted molar refractivity (Wildman–Crippen MR) is 107 cm³/mol. The van der Waals surface area contributed by atoms with E-state index in [1.165, 1.54) is 37.1 Å². The van der Waals surface area contributed by atoms with Crippen molar-refractivity contribution >= 4 is 35.4 Å². The molecule has 0 bridgehead atoms. The molecule has 0 spiro atoms. The Morgan fingerprint density at radius 3 is 2.47 bits per heavy atom. The van der Waals surface area contributed by atoms with Gasteiger partial charge in [0.1, 0.15) is 11.9 Å². The molecule has 2 aromatic rings. The number of hydrogen-bond donors (Lipinski definition) is 2. The number of nitrogens with one attached hydrogen (secondary N) is 1. The third kappa shape index (κ3) is 3.35. The first-order valence-corrected chi connectivity index (χ1v) is 10.0. The fourth-order valence-electron chi connectivity index (χ4n) is 3.34. The number of hydrazine groups is 1. The van der Waals surface area contributed by atoms with Crippen molar-refractivity contribution in [2.45, 2.75) is 5.37 Å². The Balaban J connectivity index is 1.49. The lowest BCUT2D eigenvalue weighted by molar-refractivity contribution is -0.139. The van der Waals surface area contributed by atoms with Crippen LogP contribution in [0.15, 0.2) is 42.5 Å². The molecule has 4 amide bonds. The van der Waals surface area contributed by atoms with Gasteiger partial charge in [0.25, 0.3) is 23.6 Å². The van der Waals surface area contributed by atoms with Gasteiger partial charge in [-0.25, -0.2) is 5.01 Å². The topological polar surface area (TPSA) is 116 Å². The molecule has 154 valence electrons. The summed E-state index contributed by atoms with van der Waals surface area (Å²) in [7, 11) is 1.41. The Labute approximate surface area is 175 Å². The number of carbonyl (C=O) groups excluding carboxylic acids is 4. The van der Waals surface area contributed by atoms with Gasteiger partial charge in [0.05, 0.1) is 24.0 Å². The molecule has 10 heteroatoms. The van der Waals surface area contributed by atoms with Crippen LogP contribution in [0.2, 0.25) is 0 Å². The number of imide groups is 1. The van der Waals surface area contributed by atoms with E-state index in [-0.39, 0.29) is 34.3 Å². The van der Waals surface area contributed by atoms with Gasteiger partial charge in [-0.15, -0.1) is 11.8 Å². The second-order valence-corrected chi connectivity index (χ2v) is 7.70. The second-order valence-electron chi connectivity index (χ2n) is 6.64. The Kier molecular flexibility index (Phi) is 5.08. The third-order valence-corrected chi connectivity index (χ3v) is 5.99. The maximum absolute atomic E-state index is 12.6. The van der Waals surface area contributed by atoms with Crippen LogP contribution in [-0.2, 0) is 9.59 Å². The van der Waals surface area contributed by atoms with E-state index in [1.807, 2.05) is 0 Å². The number of methoxy groups -OCH3 is 1. The molecule has 0 radical (unpaired) electrons. The zero-order chi connectivity index (χ0) is 21.4. The van der Waals surface area contributed by atoms with E-state index < -0.39 is 29.6 Å². The van der Waals surface area contributed by atoms with Gasteiger partial charge in [-0.05, 0) is 29.8 Å². The number of thioether (sulfide) groups is 1. The molecule has 2 aromatic carbocycles. The average molecular weight is 427 g/mol. The summed E-state index contributed by atoms with van der Waals surface area (Å²) in [6.07, 6.45) is 0. The quantitative estimate of drug-likeness (QED) is 0.691. The van der Waals surface area contributed by atoms with Crippen LogP contribution in [0.5, 0.6) is 11.5 Å². The lowest BCUT2D eigenvalue weighted by Crippen LogP contribution is -2.49. The van der Waals surface area contributed by atoms with Crippen molar-refractivity contribution in [1.82, 2.24) is 15.3 Å². The SMILES string of the molecule is COc1cc(C2SCC(=O)N2NC(=O)CN2C(=O)c3ccccc3C2=O)ccc1O. The lowest BCUT2D eigenvalue weighted by Gasteiger charge is -2.25. The highest BCUT2D eigenvalue weighted by Crippen LogP contribution is 2.40. The highest BCUT2D eigenvalue weighted by Gasteiger charge is 2.38. The fourth-order valence-corrected chi connectivity index (χ4v) is 4.43. The molecule has 0 saturated carbocycles. The van der Waals surface area contributed by atoms with Crippen LogP contribution in [0, 0.1) is 0 Å². The molecular weight excluding hydrogens is 410 g/mol. The van der Waals surface area contributed by atoms with Crippen molar-refractivity contribution in [2.24, 2.45) is 0 Å². The second kappa shape index (κ2) is 7.71. The van der Waals surface area contributed by atoms with Crippen molar-refractivity contribution in [3.8, 4) is 11.5 Å². The molecule has 9 nitrogen and oxygen atoms in total. The van der Waals surface area contributed by atoms with E-state index in [1.54, 1.807) is 24.3 Å². The summed E-state index contributed by atoms with van der Waals surface area (Å²) < 4.78 is 5.10. The van der Waals surface area contributed by atoms with E-state index >= 15 is 0 Å². The fraction of sp³-hybridized carbons (Fsp3) is 0.200. The minimum atomic E-state index is -0.670. The van der Waals surface area contributed by atoms with Gasteiger partial charge in [-0.2, -0.15) is 0 Å². The molecular formula is C20H17N3O6S. The summed E-state index contributed by atoms with van der Waals surface area (Å²) in [4.78, 5) is 50.6. The molecule has 2 N–H and O–H groups in total. The summed E-state index contributed by atoms with van der Waals surface area (Å²) in [5.41, 5.74) is 3.63. The number of phenolic OH excluding ortho intramolecular Hbond substituents is 1. The molecule has 1 atom stereocenters. The number of phenols is 1. The molecule has 1 unspecified atom stereocenters. The molecule has 0 aliphatic carbocycles. The molecule has 4 rings (SSSR count). The minimum absolute atomic E-state index is 0.0446. The van der Waals surface area contributed by atoms with Crippen molar-refractivity contribution < 1.29 is 29.0 Å². The van der Waals surface area contributed by atoms with Crippen molar-refractivity contribution in [1.29, 1.82) is 0 Å². The standard InChI is InChI=1S/C20H17N3O6S/c1-29-15-8-11(6-7-14(15)24)20-23(17(26)10-30-20)21-16(25)9-22-18(27)12-4-2-3-5-13(12)19(22)28/h2-8,20,24H,9-10H2,1H3,(H,21,25). The van der Waals surface area contributed by atoms with Crippen LogP contribution < -0.4 is 10.2 Å². The van der Waals surface area contributed by atoms with Gasteiger partial charge in [-0.1, -0.05) is 18.2 Å². The number of fused-ring (bicyclic) bond motifs is 1. The number of hydrogen-bond acceptors (Lipinski definition) is 7. The maximum Gasteiger partial charge on any atom is 0.262 e. The van der Waals surface area contributed by atoms with Crippen molar-refractivity contribution in [3.05, 3.63) is 59.2 Å². The van der Waals surface area contributed by atoms with E-state index in [2.05, 4.69) is 5.43 Å². The summed E-state index contributed by atoms with van der Waals surface area (Å²) in [6.45, 7) is -0.508. The van der Waals surface area contributed by atoms with E-state index in [0.29, 0.717) is 5.56 Å². The summed E-state index contributed by atoms with van der Waals surface area (Å²) in [6, 6.07) is 11.0. The monoisotopic (exact) mass is 427 g/mol. The molecule has 1 fully saturated rings. The van der Waals surface area contributed by atoms with Crippen LogP contribution in [0.25, 0.3) is 0 Å². The normalized spacial score (nSPS) is 18.0. The minimum Gasteiger partial charge on any atom is -0.504 e. The number of rotatable bonds is 5. The van der Waals surface area contributed by atoms with Gasteiger partial charge in [-0.3, -0.25) is 29.5 Å². The summed E-state index contributed by atoms with van der Waals surface area (Å²) >= 11 is 1.29. The highest BCUT2D eigenvalue weighted by atomic mass is 32.2. The molecule has 2 heterocycles. The van der Waals surface area contributed by atoms with Crippen LogP contribution in [0.3, 0.4) is 0 Å². The van der Waals surface area contributed by atoms with Crippen molar-refractivity contribution in [2.75, 3.05) is 19.4 Å². The smallest absolute Gasteiger partial charge is 0.262 e. The number of carbonyl (C=O) groups is 4. The molecule has 30 heavy (non-hydrogen) atoms. The van der Waals surface area contributed by atoms with Crippen LogP contribution in [0.1, 0.15) is 31.7 Å². The number of amides is 4. The number of aromatic hydroxyl groups is 1. The first-order chi connectivity index (χ1) is 14.4. The molecule has 1 saturated heterocycles. The van der Waals surface area contributed by atoms with Gasteiger partial charge < -0.3 is 9.84 Å². The Morgan fingerprint density at radius 1 is 1.17 bits per heavy atom. The Morgan fingerprint density at radius 2 is 1.83 bits per heavy atom. The Hall–Kier alpha value is -3.53. The van der Waals surface area contributed by atoms with E-state index in [9.17, 15) is 24.3 Å². The van der Waals surface area contributed by atoms with Gasteiger partial charge >= 0.3 is 0 Å². The molecule has 0 aromatic heterocycles. The number of ether oxygens (including phenoxy) is 1. The molecule has 2 aliphatic heterocycles. The van der Waals surface area contributed by atoms with Gasteiger partial charge in [0, 0.05) is 0 Å². The lowest BCUT2D eigenvalue weighted by atomic mass is 10.1. The predicted octanol–water partition coefficient (Wildman–Crippen LogP) is 1.30. The number of benzene rings is 2. The largest absolute Gasteiger partial charge is 0.504 e. The maximum atomic E-state index is 12.6. The van der Waals surface area contributed by atoms with Crippen molar-refractivity contribution in [3.63, 3.8) is 0 Å². The zero-order valence-electron chi connectivity index (χ0n) is 15.8.